The van der Waals surface area contributed by atoms with Crippen molar-refractivity contribution in [1.29, 1.82) is 0 Å². The molecule has 1 aromatic carbocycles. The highest BCUT2D eigenvalue weighted by Gasteiger charge is 2.33. The SMILES string of the molecule is C=CCN(CC(F)(F)F)C(=O)c1ccc(-c2ccc3c(c2)OCCO3)s1. The summed E-state index contributed by atoms with van der Waals surface area (Å²) in [4.78, 5) is 14.2. The highest BCUT2D eigenvalue weighted by atomic mass is 32.1. The van der Waals surface area contributed by atoms with Gasteiger partial charge in [-0.2, -0.15) is 13.2 Å². The van der Waals surface area contributed by atoms with Gasteiger partial charge >= 0.3 is 6.18 Å². The predicted molar refractivity (Wildman–Crippen MR) is 92.9 cm³/mol. The summed E-state index contributed by atoms with van der Waals surface area (Å²) in [6.07, 6.45) is -3.19. The number of ether oxygens (including phenoxy) is 2. The Bertz CT molecular complexity index is 816. The summed E-state index contributed by atoms with van der Waals surface area (Å²) in [5.41, 5.74) is 0.810. The molecule has 1 aliphatic heterocycles. The number of carbonyl (C=O) groups excluding carboxylic acids is 1. The lowest BCUT2D eigenvalue weighted by Gasteiger charge is -2.21. The zero-order valence-corrected chi connectivity index (χ0v) is 14.5. The van der Waals surface area contributed by atoms with Crippen LogP contribution in [0, 0.1) is 0 Å². The smallest absolute Gasteiger partial charge is 0.406 e. The monoisotopic (exact) mass is 383 g/mol. The van der Waals surface area contributed by atoms with E-state index in [4.69, 9.17) is 9.47 Å². The average Bonchev–Trinajstić information content (AvgIpc) is 3.09. The third kappa shape index (κ3) is 4.19. The average molecular weight is 383 g/mol. The van der Waals surface area contributed by atoms with Gasteiger partial charge in [0.05, 0.1) is 4.88 Å². The van der Waals surface area contributed by atoms with Crippen molar-refractivity contribution in [1.82, 2.24) is 4.90 Å². The van der Waals surface area contributed by atoms with Crippen LogP contribution in [0.1, 0.15) is 9.67 Å². The number of alkyl halides is 3. The normalized spacial score (nSPS) is 13.3. The van der Waals surface area contributed by atoms with E-state index in [0.29, 0.717) is 24.7 Å². The van der Waals surface area contributed by atoms with Crippen molar-refractivity contribution in [3.8, 4) is 21.9 Å². The number of halogens is 3. The lowest BCUT2D eigenvalue weighted by molar-refractivity contribution is -0.139. The lowest BCUT2D eigenvalue weighted by atomic mass is 10.1. The van der Waals surface area contributed by atoms with Crippen LogP contribution in [0.25, 0.3) is 10.4 Å². The van der Waals surface area contributed by atoms with Crippen molar-refractivity contribution >= 4 is 17.2 Å². The van der Waals surface area contributed by atoms with Crippen LogP contribution < -0.4 is 9.47 Å². The predicted octanol–water partition coefficient (Wildman–Crippen LogP) is 4.38. The molecule has 0 spiro atoms. The van der Waals surface area contributed by atoms with E-state index < -0.39 is 18.6 Å². The Labute approximate surface area is 152 Å². The molecule has 1 aliphatic rings. The minimum Gasteiger partial charge on any atom is -0.486 e. The van der Waals surface area contributed by atoms with E-state index in [2.05, 4.69) is 6.58 Å². The van der Waals surface area contributed by atoms with Gasteiger partial charge in [0.1, 0.15) is 19.8 Å². The lowest BCUT2D eigenvalue weighted by Crippen LogP contribution is -2.38. The second-order valence-corrected chi connectivity index (χ2v) is 6.70. The fourth-order valence-corrected chi connectivity index (χ4v) is 3.52. The Morgan fingerprint density at radius 3 is 2.62 bits per heavy atom. The number of rotatable bonds is 5. The van der Waals surface area contributed by atoms with Crippen molar-refractivity contribution < 1.29 is 27.4 Å². The maximum absolute atomic E-state index is 12.7. The molecule has 0 radical (unpaired) electrons. The van der Waals surface area contributed by atoms with Crippen molar-refractivity contribution in [2.75, 3.05) is 26.3 Å². The minimum atomic E-state index is -4.46. The molecule has 0 fully saturated rings. The third-order valence-electron chi connectivity index (χ3n) is 3.65. The summed E-state index contributed by atoms with van der Waals surface area (Å²) < 4.78 is 49.1. The van der Waals surface area contributed by atoms with Crippen LogP contribution in [0.3, 0.4) is 0 Å². The minimum absolute atomic E-state index is 0.171. The van der Waals surface area contributed by atoms with E-state index in [1.165, 1.54) is 12.1 Å². The van der Waals surface area contributed by atoms with Crippen LogP contribution in [0.4, 0.5) is 13.2 Å². The van der Waals surface area contributed by atoms with Gasteiger partial charge in [0, 0.05) is 11.4 Å². The number of nitrogens with zero attached hydrogens (tertiary/aromatic N) is 1. The molecule has 2 heterocycles. The molecule has 0 aliphatic carbocycles. The largest absolute Gasteiger partial charge is 0.486 e. The van der Waals surface area contributed by atoms with Crippen molar-refractivity contribution in [3.05, 3.63) is 47.9 Å². The maximum Gasteiger partial charge on any atom is 0.406 e. The summed E-state index contributed by atoms with van der Waals surface area (Å²) in [5.74, 6) is 0.589. The van der Waals surface area contributed by atoms with E-state index in [1.54, 1.807) is 18.2 Å². The number of thiophene rings is 1. The van der Waals surface area contributed by atoms with Crippen LogP contribution in [-0.4, -0.2) is 43.3 Å². The number of carbonyl (C=O) groups is 1. The second-order valence-electron chi connectivity index (χ2n) is 5.61. The van der Waals surface area contributed by atoms with Gasteiger partial charge in [0.2, 0.25) is 0 Å². The summed E-state index contributed by atoms with van der Waals surface area (Å²) in [5, 5.41) is 0. The molecule has 0 N–H and O–H groups in total. The van der Waals surface area contributed by atoms with Gasteiger partial charge in [0.25, 0.3) is 5.91 Å². The fourth-order valence-electron chi connectivity index (χ4n) is 2.55. The zero-order valence-electron chi connectivity index (χ0n) is 13.7. The van der Waals surface area contributed by atoms with Gasteiger partial charge in [-0.1, -0.05) is 6.08 Å². The first kappa shape index (κ1) is 18.3. The molecule has 0 atom stereocenters. The second kappa shape index (κ2) is 7.41. The number of amides is 1. The Kier molecular flexibility index (Phi) is 5.22. The van der Waals surface area contributed by atoms with Crippen LogP contribution in [0.5, 0.6) is 11.5 Å². The molecule has 2 aromatic rings. The summed E-state index contributed by atoms with van der Waals surface area (Å²) >= 11 is 1.14. The zero-order chi connectivity index (χ0) is 18.7. The molecule has 8 heteroatoms. The van der Waals surface area contributed by atoms with Crippen LogP contribution in [0.2, 0.25) is 0 Å². The van der Waals surface area contributed by atoms with Crippen molar-refractivity contribution in [2.45, 2.75) is 6.18 Å². The fraction of sp³-hybridized carbons (Fsp3) is 0.278. The Morgan fingerprint density at radius 2 is 1.92 bits per heavy atom. The molecule has 1 amide bonds. The standard InChI is InChI=1S/C18H16F3NO3S/c1-2-7-22(11-18(19,20)21)17(23)16-6-5-15(26-16)12-3-4-13-14(10-12)25-9-8-24-13/h2-6,10H,1,7-9,11H2. The Hall–Kier alpha value is -2.48. The number of hydrogen-bond donors (Lipinski definition) is 0. The van der Waals surface area contributed by atoms with Crippen molar-refractivity contribution in [2.24, 2.45) is 0 Å². The van der Waals surface area contributed by atoms with Gasteiger partial charge in [-0.05, 0) is 35.9 Å². The van der Waals surface area contributed by atoms with Crippen LogP contribution in [0.15, 0.2) is 43.0 Å². The highest BCUT2D eigenvalue weighted by Crippen LogP contribution is 2.37. The molecule has 0 bridgehead atoms. The number of fused-ring (bicyclic) bond motifs is 1. The number of benzene rings is 1. The van der Waals surface area contributed by atoms with E-state index in [1.807, 2.05) is 6.07 Å². The van der Waals surface area contributed by atoms with E-state index in [0.717, 1.165) is 26.7 Å². The molecule has 0 saturated carbocycles. The summed E-state index contributed by atoms with van der Waals surface area (Å²) in [7, 11) is 0. The third-order valence-corrected chi connectivity index (χ3v) is 4.77. The van der Waals surface area contributed by atoms with Gasteiger partial charge in [0.15, 0.2) is 11.5 Å². The molecule has 1 aromatic heterocycles. The first-order valence-corrected chi connectivity index (χ1v) is 8.66. The van der Waals surface area contributed by atoms with Gasteiger partial charge in [-0.15, -0.1) is 17.9 Å². The first-order chi connectivity index (χ1) is 12.4. The Balaban J connectivity index is 1.82. The van der Waals surface area contributed by atoms with E-state index in [-0.39, 0.29) is 11.4 Å². The van der Waals surface area contributed by atoms with Gasteiger partial charge < -0.3 is 14.4 Å². The van der Waals surface area contributed by atoms with Crippen molar-refractivity contribution in [3.63, 3.8) is 0 Å². The van der Waals surface area contributed by atoms with E-state index in [9.17, 15) is 18.0 Å². The number of hydrogen-bond acceptors (Lipinski definition) is 4. The molecule has 0 saturated heterocycles. The quantitative estimate of drug-likeness (QED) is 0.720. The molecule has 3 rings (SSSR count). The first-order valence-electron chi connectivity index (χ1n) is 7.84. The molecular formula is C18H16F3NO3S. The molecular weight excluding hydrogens is 367 g/mol. The molecule has 26 heavy (non-hydrogen) atoms. The summed E-state index contributed by atoms with van der Waals surface area (Å²) in [6.45, 7) is 2.88. The van der Waals surface area contributed by atoms with Crippen LogP contribution >= 0.6 is 11.3 Å². The maximum atomic E-state index is 12.7. The Morgan fingerprint density at radius 1 is 1.19 bits per heavy atom. The van der Waals surface area contributed by atoms with Crippen LogP contribution in [-0.2, 0) is 0 Å². The highest BCUT2D eigenvalue weighted by molar-refractivity contribution is 7.17. The van der Waals surface area contributed by atoms with E-state index >= 15 is 0 Å². The molecule has 4 nitrogen and oxygen atoms in total. The summed E-state index contributed by atoms with van der Waals surface area (Å²) in [6, 6.07) is 8.64. The molecule has 138 valence electrons. The molecule has 0 unspecified atom stereocenters. The topological polar surface area (TPSA) is 38.8 Å². The van der Waals surface area contributed by atoms with Gasteiger partial charge in [-0.25, -0.2) is 0 Å². The van der Waals surface area contributed by atoms with Gasteiger partial charge in [-0.3, -0.25) is 4.79 Å².